The first-order chi connectivity index (χ1) is 12.2. The molecule has 2 N–H and O–H groups in total. The van der Waals surface area contributed by atoms with Gasteiger partial charge in [-0.15, -0.1) is 0 Å². The van der Waals surface area contributed by atoms with Gasteiger partial charge in [-0.25, -0.2) is 4.79 Å². The van der Waals surface area contributed by atoms with E-state index in [1.165, 1.54) is 0 Å². The minimum absolute atomic E-state index is 0.0278. The van der Waals surface area contributed by atoms with Gasteiger partial charge in [0.1, 0.15) is 13.2 Å². The zero-order valence-corrected chi connectivity index (χ0v) is 15.7. The molecule has 8 nitrogen and oxygen atoms in total. The Morgan fingerprint density at radius 3 is 1.40 bits per heavy atom. The van der Waals surface area contributed by atoms with Gasteiger partial charge in [-0.1, -0.05) is 26.7 Å². The Morgan fingerprint density at radius 2 is 1.04 bits per heavy atom. The third-order valence-electron chi connectivity index (χ3n) is 2.65. The molecule has 0 radical (unpaired) electrons. The molecule has 0 unspecified atom stereocenters. The number of carbonyl (C=O) groups excluding carboxylic acids is 1. The molecule has 0 fully saturated rings. The Balaban J connectivity index is 0. The van der Waals surface area contributed by atoms with Gasteiger partial charge in [0.2, 0.25) is 0 Å². The lowest BCUT2D eigenvalue weighted by Crippen LogP contribution is -2.15. The van der Waals surface area contributed by atoms with Crippen LogP contribution < -0.4 is 0 Å². The molecule has 0 aromatic carbocycles. The van der Waals surface area contributed by atoms with E-state index < -0.39 is 6.16 Å². The average Bonchev–Trinajstić information content (AvgIpc) is 2.62. The minimum atomic E-state index is -0.659. The molecule has 8 heteroatoms. The molecule has 0 heterocycles. The maximum Gasteiger partial charge on any atom is 0.508 e. The van der Waals surface area contributed by atoms with Crippen LogP contribution >= 0.6 is 0 Å². The van der Waals surface area contributed by atoms with Crippen LogP contribution in [0.2, 0.25) is 0 Å². The van der Waals surface area contributed by atoms with Crippen LogP contribution in [0, 0.1) is 0 Å². The third-order valence-corrected chi connectivity index (χ3v) is 2.65. The summed E-state index contributed by atoms with van der Waals surface area (Å²) in [4.78, 5) is 11.1. The van der Waals surface area contributed by atoms with Gasteiger partial charge >= 0.3 is 6.16 Å². The molecule has 0 aliphatic heterocycles. The Bertz CT molecular complexity index is 229. The fraction of sp³-hybridized carbons (Fsp3) is 0.941. The Labute approximate surface area is 151 Å². The van der Waals surface area contributed by atoms with Crippen LogP contribution in [0.5, 0.6) is 0 Å². The molecule has 0 saturated heterocycles. The van der Waals surface area contributed by atoms with E-state index in [0.717, 1.165) is 25.7 Å². The Morgan fingerprint density at radius 1 is 0.640 bits per heavy atom. The van der Waals surface area contributed by atoms with E-state index in [2.05, 4.69) is 18.6 Å². The topological polar surface area (TPSA) is 104 Å². The van der Waals surface area contributed by atoms with E-state index in [4.69, 9.17) is 29.2 Å². The molecule has 0 rings (SSSR count). The van der Waals surface area contributed by atoms with Crippen LogP contribution in [0.4, 0.5) is 4.79 Å². The fourth-order valence-electron chi connectivity index (χ4n) is 1.34. The van der Waals surface area contributed by atoms with Crippen molar-refractivity contribution < 1.29 is 38.7 Å². The molecular formula is C17H36O8. The standard InChI is InChI=1S/C13H26O5.C4H10O3/c1-3-5-7-15-9-11-17-13(14)18-12-10-16-8-6-4-2;5-1-3-7-4-2-6/h3-12H2,1-2H3;5-6H,1-4H2. The highest BCUT2D eigenvalue weighted by molar-refractivity contribution is 5.59. The highest BCUT2D eigenvalue weighted by atomic mass is 16.7. The summed E-state index contributed by atoms with van der Waals surface area (Å²) < 4.78 is 24.7. The first kappa shape index (κ1) is 26.3. The molecule has 0 saturated carbocycles. The SMILES string of the molecule is CCCCOCCOC(=O)OCCOCCCC.OCCOCCO. The van der Waals surface area contributed by atoms with Crippen LogP contribution in [0.25, 0.3) is 0 Å². The summed E-state index contributed by atoms with van der Waals surface area (Å²) in [6.07, 6.45) is 3.59. The van der Waals surface area contributed by atoms with Crippen molar-refractivity contribution in [2.75, 3.05) is 66.1 Å². The molecule has 152 valence electrons. The quantitative estimate of drug-likeness (QED) is 0.314. The van der Waals surface area contributed by atoms with Gasteiger partial charge in [0, 0.05) is 13.2 Å². The second kappa shape index (κ2) is 25.3. The predicted molar refractivity (Wildman–Crippen MR) is 93.7 cm³/mol. The third kappa shape index (κ3) is 28.2. The van der Waals surface area contributed by atoms with Crippen molar-refractivity contribution in [3.63, 3.8) is 0 Å². The van der Waals surface area contributed by atoms with Crippen LogP contribution in [0.1, 0.15) is 39.5 Å². The summed E-state index contributed by atoms with van der Waals surface area (Å²) in [5.41, 5.74) is 0. The van der Waals surface area contributed by atoms with Crippen molar-refractivity contribution in [1.82, 2.24) is 0 Å². The largest absolute Gasteiger partial charge is 0.508 e. The monoisotopic (exact) mass is 368 g/mol. The van der Waals surface area contributed by atoms with Gasteiger partial charge in [0.05, 0.1) is 39.6 Å². The molecule has 0 aromatic rings. The summed E-state index contributed by atoms with van der Waals surface area (Å²) in [6.45, 7) is 7.61. The lowest BCUT2D eigenvalue weighted by molar-refractivity contribution is 0.0104. The van der Waals surface area contributed by atoms with Gasteiger partial charge in [-0.2, -0.15) is 0 Å². The first-order valence-corrected chi connectivity index (χ1v) is 8.97. The number of unbranched alkanes of at least 4 members (excludes halogenated alkanes) is 2. The molecule has 0 spiro atoms. The summed E-state index contributed by atoms with van der Waals surface area (Å²) in [5.74, 6) is 0. The smallest absolute Gasteiger partial charge is 0.432 e. The summed E-state index contributed by atoms with van der Waals surface area (Å²) in [7, 11) is 0. The van der Waals surface area contributed by atoms with Gasteiger partial charge in [-0.05, 0) is 12.8 Å². The highest BCUT2D eigenvalue weighted by Gasteiger charge is 2.02. The van der Waals surface area contributed by atoms with Gasteiger partial charge in [0.15, 0.2) is 0 Å². The lowest BCUT2D eigenvalue weighted by atomic mass is 10.4. The van der Waals surface area contributed by atoms with E-state index in [1.54, 1.807) is 0 Å². The van der Waals surface area contributed by atoms with Crippen molar-refractivity contribution in [3.05, 3.63) is 0 Å². The average molecular weight is 368 g/mol. The predicted octanol–water partition coefficient (Wildman–Crippen LogP) is 1.76. The lowest BCUT2D eigenvalue weighted by Gasteiger charge is -2.07. The molecule has 0 aliphatic rings. The van der Waals surface area contributed by atoms with Crippen LogP contribution in [-0.4, -0.2) is 82.4 Å². The van der Waals surface area contributed by atoms with Crippen LogP contribution in [-0.2, 0) is 23.7 Å². The molecule has 0 amide bonds. The van der Waals surface area contributed by atoms with Gasteiger partial charge < -0.3 is 33.9 Å². The summed E-state index contributed by atoms with van der Waals surface area (Å²) in [6, 6.07) is 0. The molecule has 0 atom stereocenters. The number of aliphatic hydroxyl groups is 2. The molecule has 25 heavy (non-hydrogen) atoms. The van der Waals surface area contributed by atoms with Crippen LogP contribution in [0.15, 0.2) is 0 Å². The number of ether oxygens (including phenoxy) is 5. The maximum absolute atomic E-state index is 11.1. The number of rotatable bonds is 16. The van der Waals surface area contributed by atoms with Crippen molar-refractivity contribution >= 4 is 6.16 Å². The maximum atomic E-state index is 11.1. The van der Waals surface area contributed by atoms with E-state index in [-0.39, 0.29) is 26.4 Å². The normalized spacial score (nSPS) is 10.1. The summed E-state index contributed by atoms with van der Waals surface area (Å²) >= 11 is 0. The van der Waals surface area contributed by atoms with E-state index in [9.17, 15) is 4.79 Å². The molecule has 0 aromatic heterocycles. The Hall–Kier alpha value is -0.930. The Kier molecular flexibility index (Phi) is 26.6. The second-order valence-electron chi connectivity index (χ2n) is 4.94. The van der Waals surface area contributed by atoms with Crippen molar-refractivity contribution in [2.24, 2.45) is 0 Å². The molecule has 0 aliphatic carbocycles. The van der Waals surface area contributed by atoms with Crippen molar-refractivity contribution in [2.45, 2.75) is 39.5 Å². The fourth-order valence-corrected chi connectivity index (χ4v) is 1.34. The van der Waals surface area contributed by atoms with Crippen LogP contribution in [0.3, 0.4) is 0 Å². The van der Waals surface area contributed by atoms with E-state index in [0.29, 0.717) is 39.6 Å². The zero-order chi connectivity index (χ0) is 19.0. The van der Waals surface area contributed by atoms with Gasteiger partial charge in [-0.3, -0.25) is 0 Å². The van der Waals surface area contributed by atoms with E-state index in [1.807, 2.05) is 0 Å². The molecule has 0 bridgehead atoms. The number of hydrogen-bond acceptors (Lipinski definition) is 8. The zero-order valence-electron chi connectivity index (χ0n) is 15.7. The number of hydrogen-bond donors (Lipinski definition) is 2. The van der Waals surface area contributed by atoms with Gasteiger partial charge in [0.25, 0.3) is 0 Å². The molecular weight excluding hydrogens is 332 g/mol. The highest BCUT2D eigenvalue weighted by Crippen LogP contribution is 1.91. The van der Waals surface area contributed by atoms with E-state index >= 15 is 0 Å². The summed E-state index contributed by atoms with van der Waals surface area (Å²) in [5, 5.41) is 16.2. The van der Waals surface area contributed by atoms with Crippen molar-refractivity contribution in [1.29, 1.82) is 0 Å². The number of aliphatic hydroxyl groups excluding tert-OH is 2. The second-order valence-corrected chi connectivity index (χ2v) is 4.94. The van der Waals surface area contributed by atoms with Crippen molar-refractivity contribution in [3.8, 4) is 0 Å². The minimum Gasteiger partial charge on any atom is -0.432 e. The number of carbonyl (C=O) groups is 1. The first-order valence-electron chi connectivity index (χ1n) is 8.97.